The van der Waals surface area contributed by atoms with Crippen LogP contribution in [0.2, 0.25) is 0 Å². The van der Waals surface area contributed by atoms with E-state index in [1.807, 2.05) is 0 Å². The van der Waals surface area contributed by atoms with Gasteiger partial charge in [-0.1, -0.05) is 0 Å². The lowest BCUT2D eigenvalue weighted by Crippen LogP contribution is -1.58. The third-order valence-corrected chi connectivity index (χ3v) is 1.98. The van der Waals surface area contributed by atoms with Gasteiger partial charge in [0.15, 0.2) is 0 Å². The van der Waals surface area contributed by atoms with Crippen molar-refractivity contribution in [3.05, 3.63) is 0 Å². The van der Waals surface area contributed by atoms with E-state index in [4.69, 9.17) is 0 Å². The summed E-state index contributed by atoms with van der Waals surface area (Å²) in [5, 5.41) is 0. The van der Waals surface area contributed by atoms with E-state index < -0.39 is 0 Å². The van der Waals surface area contributed by atoms with E-state index in [0.717, 1.165) is 0 Å². The van der Waals surface area contributed by atoms with Gasteiger partial charge in [-0.2, -0.15) is 25.3 Å². The first-order valence-electron chi connectivity index (χ1n) is 2.08. The molecule has 1 aliphatic rings. The van der Waals surface area contributed by atoms with E-state index in [-0.39, 0.29) is 13.5 Å². The van der Waals surface area contributed by atoms with Crippen molar-refractivity contribution in [1.82, 2.24) is 0 Å². The highest BCUT2D eigenvalue weighted by molar-refractivity contribution is 7.99. The predicted octanol–water partition coefficient (Wildman–Crippen LogP) is 1.63. The summed E-state index contributed by atoms with van der Waals surface area (Å²) in [7, 11) is 0. The van der Waals surface area contributed by atoms with Crippen molar-refractivity contribution in [3.63, 3.8) is 0 Å². The van der Waals surface area contributed by atoms with Crippen molar-refractivity contribution in [2.75, 3.05) is 11.5 Å². The van der Waals surface area contributed by atoms with Crippen LogP contribution < -0.4 is 0 Å². The maximum Gasteiger partial charge on any atom is -0.00672 e. The summed E-state index contributed by atoms with van der Waals surface area (Å²) in [6, 6.07) is 0. The predicted molar refractivity (Wildman–Crippen MR) is 36.9 cm³/mol. The van der Waals surface area contributed by atoms with Crippen LogP contribution in [0, 0.1) is 0 Å². The Labute approximate surface area is 50.1 Å². The summed E-state index contributed by atoms with van der Waals surface area (Å²) in [5.41, 5.74) is 0. The summed E-state index contributed by atoms with van der Waals surface area (Å²) >= 11 is 2.07. The molecule has 0 amide bonds. The molecule has 0 aromatic rings. The maximum absolute atomic E-state index is 2.07. The molecule has 0 nitrogen and oxygen atoms in total. The lowest BCUT2D eigenvalue weighted by atomic mass is 10.4. The molecule has 6 heavy (non-hydrogen) atoms. The first-order chi connectivity index (χ1) is 2.50. The Hall–Kier alpha value is 0.700. The van der Waals surface area contributed by atoms with Gasteiger partial charge in [0.25, 0.3) is 0 Å². The van der Waals surface area contributed by atoms with Crippen molar-refractivity contribution >= 4 is 25.3 Å². The van der Waals surface area contributed by atoms with Crippen molar-refractivity contribution in [1.29, 1.82) is 0 Å². The molecule has 1 aliphatic heterocycles. The molecule has 1 rings (SSSR count). The number of hydrogen-bond donors (Lipinski definition) is 0. The van der Waals surface area contributed by atoms with Gasteiger partial charge in [-0.15, -0.1) is 0 Å². The third-order valence-electron chi connectivity index (χ3n) is 0.827. The normalized spacial score (nSPS) is 20.0. The zero-order valence-corrected chi connectivity index (χ0v) is 5.55. The second kappa shape index (κ2) is 3.88. The average Bonchev–Trinajstić information content (AvgIpc) is 1.76. The Morgan fingerprint density at radius 2 is 1.50 bits per heavy atom. The van der Waals surface area contributed by atoms with Crippen molar-refractivity contribution in [2.24, 2.45) is 0 Å². The first-order valence-corrected chi connectivity index (χ1v) is 3.23. The van der Waals surface area contributed by atoms with Crippen LogP contribution in [0.15, 0.2) is 0 Å². The van der Waals surface area contributed by atoms with Crippen molar-refractivity contribution in [2.45, 2.75) is 12.8 Å². The smallest absolute Gasteiger partial charge is 0.00672 e. The average molecular weight is 122 g/mol. The minimum atomic E-state index is 0. The minimum Gasteiger partial charge on any atom is -0.197 e. The number of hydrogen-bond acceptors (Lipinski definition) is 1. The van der Waals surface area contributed by atoms with Gasteiger partial charge >= 0.3 is 0 Å². The van der Waals surface area contributed by atoms with Crippen LogP contribution in [0.25, 0.3) is 0 Å². The lowest BCUT2D eigenvalue weighted by molar-refractivity contribution is 0.949. The molecule has 1 heterocycles. The summed E-state index contributed by atoms with van der Waals surface area (Å²) in [6.07, 6.45) is 2.93. The fraction of sp³-hybridized carbons (Fsp3) is 1.00. The zero-order valence-electron chi connectivity index (χ0n) is 3.74. The minimum absolute atomic E-state index is 0. The van der Waals surface area contributed by atoms with E-state index in [9.17, 15) is 0 Å². The molecule has 38 valence electrons. The van der Waals surface area contributed by atoms with Crippen LogP contribution in [-0.4, -0.2) is 11.5 Å². The van der Waals surface area contributed by atoms with Gasteiger partial charge in [0, 0.05) is 0 Å². The fourth-order valence-electron chi connectivity index (χ4n) is 0.510. The molecular weight excluding hydrogens is 112 g/mol. The molecule has 0 spiro atoms. The molecule has 0 aromatic heterocycles. The summed E-state index contributed by atoms with van der Waals surface area (Å²) in [6.45, 7) is 0. The van der Waals surface area contributed by atoms with Gasteiger partial charge in [-0.3, -0.25) is 0 Å². The summed E-state index contributed by atoms with van der Waals surface area (Å²) < 4.78 is 0. The van der Waals surface area contributed by atoms with Crippen LogP contribution >= 0.6 is 25.3 Å². The second-order valence-electron chi connectivity index (χ2n) is 1.32. The molecule has 0 aromatic carbocycles. The Bertz CT molecular complexity index is 17.1. The van der Waals surface area contributed by atoms with E-state index in [1.165, 1.54) is 24.3 Å². The first kappa shape index (κ1) is 6.70. The largest absolute Gasteiger partial charge is 0.197 e. The second-order valence-corrected chi connectivity index (χ2v) is 2.54. The van der Waals surface area contributed by atoms with Gasteiger partial charge in [0.2, 0.25) is 0 Å². The molecule has 0 saturated carbocycles. The quantitative estimate of drug-likeness (QED) is 0.470. The Morgan fingerprint density at radius 3 is 1.67 bits per heavy atom. The van der Waals surface area contributed by atoms with Crippen LogP contribution in [0.3, 0.4) is 0 Å². The summed E-state index contributed by atoms with van der Waals surface area (Å²) in [4.78, 5) is 0. The molecule has 0 radical (unpaired) electrons. The standard InChI is InChI=1S/C4H8S.H2S/c1-2-4-5-3-1;/h1-4H2;1H2. The molecule has 0 unspecified atom stereocenters. The van der Waals surface area contributed by atoms with Crippen LogP contribution in [-0.2, 0) is 0 Å². The van der Waals surface area contributed by atoms with Gasteiger partial charge in [0.1, 0.15) is 0 Å². The highest BCUT2D eigenvalue weighted by atomic mass is 32.2. The Balaban J connectivity index is 0.000000250. The monoisotopic (exact) mass is 122 g/mol. The molecule has 1 fully saturated rings. The van der Waals surface area contributed by atoms with Crippen LogP contribution in [0.1, 0.15) is 12.8 Å². The molecular formula is C4H10S2. The molecule has 0 bridgehead atoms. The van der Waals surface area contributed by atoms with Gasteiger partial charge in [0.05, 0.1) is 0 Å². The van der Waals surface area contributed by atoms with E-state index >= 15 is 0 Å². The number of thioether (sulfide) groups is 1. The van der Waals surface area contributed by atoms with E-state index in [0.29, 0.717) is 0 Å². The molecule has 1 saturated heterocycles. The summed E-state index contributed by atoms with van der Waals surface area (Å²) in [5.74, 6) is 2.83. The highest BCUT2D eigenvalue weighted by Crippen LogP contribution is 2.14. The van der Waals surface area contributed by atoms with Crippen molar-refractivity contribution in [3.8, 4) is 0 Å². The Morgan fingerprint density at radius 1 is 1.00 bits per heavy atom. The zero-order chi connectivity index (χ0) is 3.54. The molecule has 0 aliphatic carbocycles. The van der Waals surface area contributed by atoms with Crippen LogP contribution in [0.4, 0.5) is 0 Å². The third kappa shape index (κ3) is 1.98. The fourth-order valence-corrected chi connectivity index (χ4v) is 1.53. The Kier molecular flexibility index (Phi) is 4.33. The molecule has 0 N–H and O–H groups in total. The molecule has 2 heteroatoms. The maximum atomic E-state index is 2.07. The van der Waals surface area contributed by atoms with Crippen molar-refractivity contribution < 1.29 is 0 Å². The van der Waals surface area contributed by atoms with E-state index in [1.54, 1.807) is 0 Å². The van der Waals surface area contributed by atoms with Crippen LogP contribution in [0.5, 0.6) is 0 Å². The lowest BCUT2D eigenvalue weighted by Gasteiger charge is -1.69. The van der Waals surface area contributed by atoms with E-state index in [2.05, 4.69) is 11.8 Å². The topological polar surface area (TPSA) is 0 Å². The highest BCUT2D eigenvalue weighted by Gasteiger charge is 1.95. The van der Waals surface area contributed by atoms with Gasteiger partial charge < -0.3 is 0 Å². The van der Waals surface area contributed by atoms with Gasteiger partial charge in [-0.05, 0) is 24.3 Å². The number of rotatable bonds is 0. The SMILES string of the molecule is C1CCSC1.S. The molecule has 0 atom stereocenters. The van der Waals surface area contributed by atoms with Gasteiger partial charge in [-0.25, -0.2) is 0 Å².